The van der Waals surface area contributed by atoms with Crippen LogP contribution in [-0.4, -0.2) is 151 Å². The number of halogens is 2. The topological polar surface area (TPSA) is 167 Å². The van der Waals surface area contributed by atoms with Crippen LogP contribution in [0.5, 0.6) is 0 Å². The molecule has 0 radical (unpaired) electrons. The summed E-state index contributed by atoms with van der Waals surface area (Å²) in [6.45, 7) is 3.81. The first-order valence-electron chi connectivity index (χ1n) is 25.1. The van der Waals surface area contributed by atoms with E-state index in [4.69, 9.17) is 10.1 Å². The number of rotatable bonds is 14. The lowest BCUT2D eigenvalue weighted by molar-refractivity contribution is -0.155. The zero-order valence-electron chi connectivity index (χ0n) is 40.5. The fraction of sp³-hybridized carbons (Fsp3) is 0.481. The number of hydrogen-bond donors (Lipinski definition) is 3. The van der Waals surface area contributed by atoms with E-state index in [0.29, 0.717) is 68.3 Å². The SMILES string of the molecule is CNc1cc(N2CCc3c(-c4ccc(CC5CN(C6CCN(C7CCN(c8ccc(N(C)C9CCC(=O)NC9=O)c(N(C)C=O)c8)CC7)CC6(F)F)C5)cn4)cccc32)nn2c(C(=O)NC3CC3)cnc12. The zero-order valence-corrected chi connectivity index (χ0v) is 40.5. The number of fused-ring (bicyclic) bond motifs is 2. The molecule has 11 rings (SSSR count). The second-order valence-electron chi connectivity index (χ2n) is 20.3. The highest BCUT2D eigenvalue weighted by Crippen LogP contribution is 2.42. The average Bonchev–Trinajstić information content (AvgIpc) is 3.90. The maximum Gasteiger partial charge on any atom is 0.275 e. The van der Waals surface area contributed by atoms with Gasteiger partial charge in [0.25, 0.3) is 11.8 Å². The van der Waals surface area contributed by atoms with Gasteiger partial charge in [-0.1, -0.05) is 18.2 Å². The minimum atomic E-state index is -2.82. The van der Waals surface area contributed by atoms with Gasteiger partial charge in [-0.05, 0) is 98.7 Å². The molecule has 4 amide bonds. The molecular weight excluding hydrogens is 909 g/mol. The van der Waals surface area contributed by atoms with Gasteiger partial charge in [-0.15, -0.1) is 5.10 Å². The number of likely N-dealkylation sites (N-methyl/N-ethyl adjacent to an activating group) is 1. The number of hydrogen-bond acceptors (Lipinski definition) is 13. The lowest BCUT2D eigenvalue weighted by Gasteiger charge is -2.52. The average molecular weight is 970 g/mol. The van der Waals surface area contributed by atoms with E-state index in [1.54, 1.807) is 24.8 Å². The number of aromatic nitrogens is 4. The summed E-state index contributed by atoms with van der Waals surface area (Å²) in [4.78, 5) is 70.6. The van der Waals surface area contributed by atoms with E-state index in [9.17, 15) is 19.2 Å². The standard InChI is InChI=1S/C52H61F2N13O4/c1-55-40-25-47(60-67-45(27-57-49(40)67)51(71)58-34-8-9-34)66-22-17-38-37(5-4-6-41(38)66)39-11-7-32(26-56-39)23-33-28-65(29-33)46-18-21-64(30-52(46,53)54)35-15-19-63(20-16-35)36-10-12-42(44(24-36)61(2)31-68)62(3)43-13-14-48(69)59-50(43)70/h4-7,10-12,24-27,31,33-35,43,46,55H,8-9,13-23,28-30H2,1-3H3,(H,58,71)(H,59,69,70). The molecule has 372 valence electrons. The Morgan fingerprint density at radius 2 is 1.72 bits per heavy atom. The Morgan fingerprint density at radius 3 is 2.44 bits per heavy atom. The molecule has 71 heavy (non-hydrogen) atoms. The summed E-state index contributed by atoms with van der Waals surface area (Å²) in [5, 5.41) is 13.6. The molecule has 1 aliphatic carbocycles. The number of carbonyl (C=O) groups excluding carboxylic acids is 4. The molecule has 1 saturated carbocycles. The van der Waals surface area contributed by atoms with Gasteiger partial charge in [-0.3, -0.25) is 39.3 Å². The van der Waals surface area contributed by atoms with Crippen molar-refractivity contribution in [2.24, 2.45) is 5.92 Å². The minimum absolute atomic E-state index is 0.0607. The normalized spacial score (nSPS) is 22.0. The third-order valence-corrected chi connectivity index (χ3v) is 15.7. The summed E-state index contributed by atoms with van der Waals surface area (Å²) >= 11 is 0. The predicted molar refractivity (Wildman–Crippen MR) is 268 cm³/mol. The van der Waals surface area contributed by atoms with E-state index in [2.05, 4.69) is 55.0 Å². The predicted octanol–water partition coefficient (Wildman–Crippen LogP) is 5.11. The second-order valence-corrected chi connectivity index (χ2v) is 20.3. The number of nitrogens with one attached hydrogen (secondary N) is 3. The van der Waals surface area contributed by atoms with Crippen LogP contribution in [0.3, 0.4) is 0 Å². The van der Waals surface area contributed by atoms with Crippen molar-refractivity contribution in [1.82, 2.24) is 40.0 Å². The van der Waals surface area contributed by atoms with Crippen molar-refractivity contribution in [3.05, 3.63) is 83.8 Å². The second kappa shape index (κ2) is 18.8. The molecule has 0 spiro atoms. The first-order chi connectivity index (χ1) is 34.3. The molecule has 3 aromatic heterocycles. The number of amides is 4. The van der Waals surface area contributed by atoms with E-state index in [0.717, 1.165) is 91.2 Å². The lowest BCUT2D eigenvalue weighted by Crippen LogP contribution is -2.65. The Hall–Kier alpha value is -6.73. The van der Waals surface area contributed by atoms with Crippen LogP contribution in [0.1, 0.15) is 66.6 Å². The molecular formula is C52H61F2N13O4. The van der Waals surface area contributed by atoms with Crippen LogP contribution in [0.2, 0.25) is 0 Å². The molecule has 5 aliphatic heterocycles. The van der Waals surface area contributed by atoms with E-state index in [-0.39, 0.29) is 48.7 Å². The number of piperidine rings is 3. The fourth-order valence-corrected chi connectivity index (χ4v) is 11.6. The summed E-state index contributed by atoms with van der Waals surface area (Å²) in [6.07, 6.45) is 10.4. The third-order valence-electron chi connectivity index (χ3n) is 15.7. The van der Waals surface area contributed by atoms with Crippen LogP contribution in [0.25, 0.3) is 16.9 Å². The van der Waals surface area contributed by atoms with Gasteiger partial charge in [0.2, 0.25) is 18.2 Å². The van der Waals surface area contributed by atoms with E-state index >= 15 is 8.78 Å². The van der Waals surface area contributed by atoms with E-state index in [1.165, 1.54) is 10.5 Å². The molecule has 4 saturated heterocycles. The maximum atomic E-state index is 16.1. The monoisotopic (exact) mass is 969 g/mol. The van der Waals surface area contributed by atoms with E-state index < -0.39 is 18.0 Å². The number of nitrogens with zero attached hydrogens (tertiary/aromatic N) is 10. The summed E-state index contributed by atoms with van der Waals surface area (Å²) in [7, 11) is 5.31. The molecule has 8 heterocycles. The number of benzene rings is 2. The van der Waals surface area contributed by atoms with Crippen LogP contribution >= 0.6 is 0 Å². The first kappa shape index (κ1) is 46.6. The smallest absolute Gasteiger partial charge is 0.275 e. The summed E-state index contributed by atoms with van der Waals surface area (Å²) < 4.78 is 33.7. The zero-order chi connectivity index (χ0) is 49.1. The molecule has 2 atom stereocenters. The summed E-state index contributed by atoms with van der Waals surface area (Å²) in [5.74, 6) is -2.63. The number of likely N-dealkylation sites (tertiary alicyclic amines) is 2. The number of carbonyl (C=O) groups is 4. The van der Waals surface area contributed by atoms with Gasteiger partial charge in [-0.2, -0.15) is 0 Å². The van der Waals surface area contributed by atoms with Crippen molar-refractivity contribution in [2.75, 3.05) is 91.9 Å². The third kappa shape index (κ3) is 9.02. The van der Waals surface area contributed by atoms with Gasteiger partial charge >= 0.3 is 0 Å². The fourth-order valence-electron chi connectivity index (χ4n) is 11.6. The van der Waals surface area contributed by atoms with Crippen molar-refractivity contribution in [3.63, 3.8) is 0 Å². The molecule has 3 N–H and O–H groups in total. The van der Waals surface area contributed by atoms with Gasteiger partial charge in [0.1, 0.15) is 6.04 Å². The largest absolute Gasteiger partial charge is 0.385 e. The highest BCUT2D eigenvalue weighted by atomic mass is 19.3. The van der Waals surface area contributed by atoms with Crippen molar-refractivity contribution < 1.29 is 28.0 Å². The molecule has 6 aliphatic rings. The van der Waals surface area contributed by atoms with Crippen LogP contribution < -0.4 is 35.6 Å². The Labute approximate surface area is 411 Å². The summed E-state index contributed by atoms with van der Waals surface area (Å²) in [5.41, 5.74) is 9.33. The van der Waals surface area contributed by atoms with Gasteiger partial charge in [0.15, 0.2) is 17.2 Å². The Bertz CT molecular complexity index is 2860. The van der Waals surface area contributed by atoms with Crippen molar-refractivity contribution in [3.8, 4) is 11.3 Å². The molecule has 5 fully saturated rings. The van der Waals surface area contributed by atoms with Gasteiger partial charge < -0.3 is 30.2 Å². The molecule has 2 aromatic carbocycles. The number of pyridine rings is 1. The van der Waals surface area contributed by atoms with Crippen LogP contribution in [0.15, 0.2) is 67.0 Å². The van der Waals surface area contributed by atoms with Crippen molar-refractivity contribution in [2.45, 2.75) is 87.9 Å². The van der Waals surface area contributed by atoms with Crippen molar-refractivity contribution in [1.29, 1.82) is 0 Å². The molecule has 17 nitrogen and oxygen atoms in total. The van der Waals surface area contributed by atoms with Crippen LogP contribution in [-0.2, 0) is 27.2 Å². The van der Waals surface area contributed by atoms with Gasteiger partial charge in [0.05, 0.1) is 41.5 Å². The highest BCUT2D eigenvalue weighted by molar-refractivity contribution is 6.02. The van der Waals surface area contributed by atoms with Crippen molar-refractivity contribution >= 4 is 64.0 Å². The Balaban J connectivity index is 0.676. The minimum Gasteiger partial charge on any atom is -0.385 e. The first-order valence-corrected chi connectivity index (χ1v) is 25.1. The summed E-state index contributed by atoms with van der Waals surface area (Å²) in [6, 6.07) is 17.2. The lowest BCUT2D eigenvalue weighted by atomic mass is 9.87. The Kier molecular flexibility index (Phi) is 12.3. The molecule has 0 bridgehead atoms. The van der Waals surface area contributed by atoms with Gasteiger partial charge in [0, 0.05) is 108 Å². The highest BCUT2D eigenvalue weighted by Gasteiger charge is 2.51. The number of anilines is 6. The van der Waals surface area contributed by atoms with E-state index in [1.807, 2.05) is 58.3 Å². The van der Waals surface area contributed by atoms with Crippen LogP contribution in [0, 0.1) is 5.92 Å². The maximum absolute atomic E-state index is 16.1. The quantitative estimate of drug-likeness (QED) is 0.0995. The number of alkyl halides is 2. The van der Waals surface area contributed by atoms with Crippen LogP contribution in [0.4, 0.5) is 43.0 Å². The molecule has 2 unspecified atom stereocenters. The molecule has 5 aromatic rings. The Morgan fingerprint density at radius 1 is 0.901 bits per heavy atom. The number of imidazole rings is 1. The molecule has 19 heteroatoms. The number of imide groups is 1. The van der Waals surface area contributed by atoms with Gasteiger partial charge in [-0.25, -0.2) is 18.3 Å².